The average Bonchev–Trinajstić information content (AvgIpc) is 1.99. The predicted molar refractivity (Wildman–Crippen MR) is 52.9 cm³/mol. The van der Waals surface area contributed by atoms with E-state index in [0.717, 1.165) is 14.5 Å². The molecule has 0 spiro atoms. The van der Waals surface area contributed by atoms with E-state index >= 15 is 0 Å². The standard InChI is InChI=1S/C7H8Br2N2/c8-6-3-1-2-5(4-11-10)7(6)9/h1-3,11H,4,10H2. The molecule has 0 aromatic heterocycles. The first-order chi connectivity index (χ1) is 5.25. The predicted octanol–water partition coefficient (Wildman–Crippen LogP) is 2.17. The topological polar surface area (TPSA) is 38.0 Å². The highest BCUT2D eigenvalue weighted by molar-refractivity contribution is 9.13. The fourth-order valence-electron chi connectivity index (χ4n) is 0.795. The second-order valence-corrected chi connectivity index (χ2v) is 3.74. The maximum atomic E-state index is 5.19. The van der Waals surface area contributed by atoms with Gasteiger partial charge in [0.1, 0.15) is 0 Å². The van der Waals surface area contributed by atoms with Crippen LogP contribution in [0.4, 0.5) is 0 Å². The molecule has 4 heteroatoms. The molecule has 0 aliphatic carbocycles. The molecule has 0 unspecified atom stereocenters. The van der Waals surface area contributed by atoms with Gasteiger partial charge >= 0.3 is 0 Å². The maximum Gasteiger partial charge on any atom is 0.0362 e. The molecule has 0 radical (unpaired) electrons. The summed E-state index contributed by atoms with van der Waals surface area (Å²) in [6.45, 7) is 0.667. The number of rotatable bonds is 2. The summed E-state index contributed by atoms with van der Waals surface area (Å²) in [5.41, 5.74) is 3.74. The molecule has 0 saturated heterocycles. The summed E-state index contributed by atoms with van der Waals surface area (Å²) in [6.07, 6.45) is 0. The van der Waals surface area contributed by atoms with Crippen LogP contribution in [0.1, 0.15) is 5.56 Å². The largest absolute Gasteiger partial charge is 0.271 e. The van der Waals surface area contributed by atoms with Crippen LogP contribution in [0.3, 0.4) is 0 Å². The van der Waals surface area contributed by atoms with Gasteiger partial charge in [-0.1, -0.05) is 12.1 Å². The van der Waals surface area contributed by atoms with Crippen LogP contribution < -0.4 is 11.3 Å². The summed E-state index contributed by atoms with van der Waals surface area (Å²) in [4.78, 5) is 0. The molecule has 0 amide bonds. The molecule has 0 aliphatic heterocycles. The van der Waals surface area contributed by atoms with Crippen molar-refractivity contribution in [3.8, 4) is 0 Å². The molecule has 60 valence electrons. The quantitative estimate of drug-likeness (QED) is 0.643. The Hall–Kier alpha value is 0.1000. The second-order valence-electron chi connectivity index (χ2n) is 2.09. The summed E-state index contributed by atoms with van der Waals surface area (Å²) in [5, 5.41) is 0. The van der Waals surface area contributed by atoms with Gasteiger partial charge in [0.05, 0.1) is 0 Å². The van der Waals surface area contributed by atoms with Crippen LogP contribution in [0, 0.1) is 0 Å². The minimum absolute atomic E-state index is 0.667. The first-order valence-corrected chi connectivity index (χ1v) is 4.70. The Labute approximate surface area is 82.4 Å². The molecule has 0 bridgehead atoms. The number of halogens is 2. The summed E-state index contributed by atoms with van der Waals surface area (Å²) in [5.74, 6) is 5.19. The van der Waals surface area contributed by atoms with Gasteiger partial charge in [0.25, 0.3) is 0 Å². The van der Waals surface area contributed by atoms with Crippen molar-refractivity contribution in [3.05, 3.63) is 32.7 Å². The zero-order valence-electron chi connectivity index (χ0n) is 5.77. The van der Waals surface area contributed by atoms with E-state index < -0.39 is 0 Å². The number of hydrogen-bond acceptors (Lipinski definition) is 2. The van der Waals surface area contributed by atoms with Gasteiger partial charge in [-0.2, -0.15) is 0 Å². The molecular formula is C7H8Br2N2. The third kappa shape index (κ3) is 2.27. The van der Waals surface area contributed by atoms with Gasteiger partial charge in [-0.3, -0.25) is 11.3 Å². The van der Waals surface area contributed by atoms with Gasteiger partial charge in [0.15, 0.2) is 0 Å². The Bertz CT molecular complexity index is 250. The SMILES string of the molecule is NNCc1cccc(Br)c1Br. The van der Waals surface area contributed by atoms with Crippen LogP contribution in [-0.2, 0) is 6.54 Å². The molecule has 0 fully saturated rings. The highest BCUT2D eigenvalue weighted by atomic mass is 79.9. The van der Waals surface area contributed by atoms with Crippen molar-refractivity contribution >= 4 is 31.9 Å². The third-order valence-electron chi connectivity index (χ3n) is 1.32. The van der Waals surface area contributed by atoms with E-state index in [9.17, 15) is 0 Å². The number of benzene rings is 1. The Morgan fingerprint density at radius 2 is 2.09 bits per heavy atom. The summed E-state index contributed by atoms with van der Waals surface area (Å²) >= 11 is 6.84. The van der Waals surface area contributed by atoms with Gasteiger partial charge in [-0.05, 0) is 43.5 Å². The lowest BCUT2D eigenvalue weighted by Gasteiger charge is -2.03. The molecule has 0 aliphatic rings. The third-order valence-corrected chi connectivity index (χ3v) is 3.45. The smallest absolute Gasteiger partial charge is 0.0362 e. The van der Waals surface area contributed by atoms with E-state index in [-0.39, 0.29) is 0 Å². The van der Waals surface area contributed by atoms with E-state index in [1.165, 1.54) is 0 Å². The molecule has 1 aromatic rings. The van der Waals surface area contributed by atoms with Crippen molar-refractivity contribution in [1.82, 2.24) is 5.43 Å². The Kier molecular flexibility index (Phi) is 3.51. The Balaban J connectivity index is 2.96. The Morgan fingerprint density at radius 1 is 1.36 bits per heavy atom. The van der Waals surface area contributed by atoms with Crippen molar-refractivity contribution < 1.29 is 0 Å². The highest BCUT2D eigenvalue weighted by Gasteiger charge is 2.00. The van der Waals surface area contributed by atoms with E-state index in [2.05, 4.69) is 37.3 Å². The fourth-order valence-corrected chi connectivity index (χ4v) is 1.61. The van der Waals surface area contributed by atoms with Gasteiger partial charge < -0.3 is 0 Å². The lowest BCUT2D eigenvalue weighted by molar-refractivity contribution is 0.738. The van der Waals surface area contributed by atoms with Crippen molar-refractivity contribution in [2.24, 2.45) is 5.84 Å². The van der Waals surface area contributed by atoms with Crippen LogP contribution in [0.15, 0.2) is 27.1 Å². The molecule has 11 heavy (non-hydrogen) atoms. The number of nitrogens with one attached hydrogen (secondary N) is 1. The Morgan fingerprint density at radius 3 is 2.73 bits per heavy atom. The zero-order chi connectivity index (χ0) is 8.27. The van der Waals surface area contributed by atoms with Crippen molar-refractivity contribution in [1.29, 1.82) is 0 Å². The normalized spacial score (nSPS) is 10.1. The lowest BCUT2D eigenvalue weighted by Crippen LogP contribution is -2.21. The molecule has 0 atom stereocenters. The maximum absolute atomic E-state index is 5.19. The molecular weight excluding hydrogens is 272 g/mol. The zero-order valence-corrected chi connectivity index (χ0v) is 8.94. The first-order valence-electron chi connectivity index (χ1n) is 3.12. The van der Waals surface area contributed by atoms with Crippen molar-refractivity contribution in [3.63, 3.8) is 0 Å². The van der Waals surface area contributed by atoms with Gasteiger partial charge in [0, 0.05) is 15.5 Å². The summed E-state index contributed by atoms with van der Waals surface area (Å²) in [6, 6.07) is 5.96. The monoisotopic (exact) mass is 278 g/mol. The highest BCUT2D eigenvalue weighted by Crippen LogP contribution is 2.26. The molecule has 2 nitrogen and oxygen atoms in total. The van der Waals surface area contributed by atoms with Crippen LogP contribution in [0.2, 0.25) is 0 Å². The van der Waals surface area contributed by atoms with Gasteiger partial charge in [-0.25, -0.2) is 0 Å². The molecule has 3 N–H and O–H groups in total. The molecule has 0 saturated carbocycles. The second kappa shape index (κ2) is 4.21. The number of nitrogens with two attached hydrogens (primary N) is 1. The molecule has 1 aromatic carbocycles. The first kappa shape index (κ1) is 9.19. The summed E-state index contributed by atoms with van der Waals surface area (Å²) < 4.78 is 2.10. The van der Waals surface area contributed by atoms with Crippen LogP contribution in [0.5, 0.6) is 0 Å². The van der Waals surface area contributed by atoms with Crippen LogP contribution >= 0.6 is 31.9 Å². The van der Waals surface area contributed by atoms with Gasteiger partial charge in [0.2, 0.25) is 0 Å². The number of hydrogen-bond donors (Lipinski definition) is 2. The lowest BCUT2D eigenvalue weighted by atomic mass is 10.2. The van der Waals surface area contributed by atoms with E-state index in [1.54, 1.807) is 0 Å². The van der Waals surface area contributed by atoms with Gasteiger partial charge in [-0.15, -0.1) is 0 Å². The van der Waals surface area contributed by atoms with E-state index in [1.807, 2.05) is 18.2 Å². The van der Waals surface area contributed by atoms with Crippen molar-refractivity contribution in [2.45, 2.75) is 6.54 Å². The van der Waals surface area contributed by atoms with Crippen LogP contribution in [0.25, 0.3) is 0 Å². The van der Waals surface area contributed by atoms with Crippen molar-refractivity contribution in [2.75, 3.05) is 0 Å². The fraction of sp³-hybridized carbons (Fsp3) is 0.143. The van der Waals surface area contributed by atoms with Crippen LogP contribution in [-0.4, -0.2) is 0 Å². The molecule has 1 rings (SSSR count). The minimum Gasteiger partial charge on any atom is -0.271 e. The number of hydrazine groups is 1. The average molecular weight is 280 g/mol. The van der Waals surface area contributed by atoms with E-state index in [4.69, 9.17) is 5.84 Å². The molecule has 0 heterocycles. The minimum atomic E-state index is 0.667. The summed E-state index contributed by atoms with van der Waals surface area (Å²) in [7, 11) is 0. The van der Waals surface area contributed by atoms with E-state index in [0.29, 0.717) is 6.54 Å².